The Labute approximate surface area is 131 Å². The van der Waals surface area contributed by atoms with Gasteiger partial charge in [0.05, 0.1) is 13.2 Å². The molecule has 3 aromatic carbocycles. The molecule has 3 rings (SSSR count). The SMILES string of the molecule is COCCc1ccc2cc3ccccc3c(CCOC)c2c1. The molecule has 0 aromatic heterocycles. The van der Waals surface area contributed by atoms with Crippen LogP contribution in [-0.4, -0.2) is 27.4 Å². The predicted octanol–water partition coefficient (Wildman–Crippen LogP) is 4.37. The molecule has 0 aliphatic carbocycles. The Morgan fingerprint density at radius 1 is 0.727 bits per heavy atom. The van der Waals surface area contributed by atoms with Crippen LogP contribution in [0.25, 0.3) is 21.5 Å². The molecule has 0 fully saturated rings. The molecule has 2 heteroatoms. The zero-order valence-corrected chi connectivity index (χ0v) is 13.3. The average Bonchev–Trinajstić information content (AvgIpc) is 2.56. The second kappa shape index (κ2) is 6.91. The molecule has 0 aliphatic heterocycles. The minimum atomic E-state index is 0.741. The van der Waals surface area contributed by atoms with Crippen LogP contribution >= 0.6 is 0 Å². The third-order valence-corrected chi connectivity index (χ3v) is 4.19. The summed E-state index contributed by atoms with van der Waals surface area (Å²) >= 11 is 0. The number of methoxy groups -OCH3 is 2. The van der Waals surface area contributed by atoms with Gasteiger partial charge in [0.2, 0.25) is 0 Å². The molecule has 0 spiro atoms. The van der Waals surface area contributed by atoms with Crippen molar-refractivity contribution in [3.63, 3.8) is 0 Å². The molecule has 114 valence electrons. The molecule has 0 atom stereocenters. The summed E-state index contributed by atoms with van der Waals surface area (Å²) in [5, 5.41) is 5.26. The monoisotopic (exact) mass is 294 g/mol. The molecule has 0 amide bonds. The van der Waals surface area contributed by atoms with E-state index in [1.54, 1.807) is 14.2 Å². The lowest BCUT2D eigenvalue weighted by atomic mass is 9.93. The standard InChI is InChI=1S/C20H22O2/c1-21-11-9-15-7-8-17-14-16-5-3-4-6-18(16)19(10-12-22-2)20(17)13-15/h3-8,13-14H,9-12H2,1-2H3. The van der Waals surface area contributed by atoms with E-state index in [-0.39, 0.29) is 0 Å². The van der Waals surface area contributed by atoms with E-state index < -0.39 is 0 Å². The van der Waals surface area contributed by atoms with Crippen molar-refractivity contribution in [1.29, 1.82) is 0 Å². The van der Waals surface area contributed by atoms with E-state index in [1.165, 1.54) is 32.7 Å². The Morgan fingerprint density at radius 2 is 1.45 bits per heavy atom. The van der Waals surface area contributed by atoms with E-state index in [4.69, 9.17) is 9.47 Å². The van der Waals surface area contributed by atoms with Gasteiger partial charge >= 0.3 is 0 Å². The number of hydrogen-bond donors (Lipinski definition) is 0. The van der Waals surface area contributed by atoms with Crippen molar-refractivity contribution in [2.45, 2.75) is 12.8 Å². The Kier molecular flexibility index (Phi) is 4.71. The predicted molar refractivity (Wildman–Crippen MR) is 92.6 cm³/mol. The first-order valence-corrected chi connectivity index (χ1v) is 7.74. The van der Waals surface area contributed by atoms with E-state index in [1.807, 2.05) is 0 Å². The molecule has 2 nitrogen and oxygen atoms in total. The fourth-order valence-electron chi connectivity index (χ4n) is 3.05. The number of rotatable bonds is 6. The normalized spacial score (nSPS) is 11.4. The fraction of sp³-hybridized carbons (Fsp3) is 0.300. The largest absolute Gasteiger partial charge is 0.384 e. The van der Waals surface area contributed by atoms with Gasteiger partial charge in [-0.3, -0.25) is 0 Å². The maximum absolute atomic E-state index is 5.32. The summed E-state index contributed by atoms with van der Waals surface area (Å²) < 4.78 is 10.5. The molecule has 0 bridgehead atoms. The lowest BCUT2D eigenvalue weighted by Crippen LogP contribution is -1.99. The average molecular weight is 294 g/mol. The quantitative estimate of drug-likeness (QED) is 0.628. The number of hydrogen-bond acceptors (Lipinski definition) is 2. The highest BCUT2D eigenvalue weighted by atomic mass is 16.5. The summed E-state index contributed by atoms with van der Waals surface area (Å²) in [6.45, 7) is 1.50. The van der Waals surface area contributed by atoms with Crippen molar-refractivity contribution in [3.05, 3.63) is 59.7 Å². The van der Waals surface area contributed by atoms with Gasteiger partial charge in [-0.1, -0.05) is 42.5 Å². The highest BCUT2D eigenvalue weighted by Crippen LogP contribution is 2.30. The van der Waals surface area contributed by atoms with E-state index in [2.05, 4.69) is 48.5 Å². The zero-order chi connectivity index (χ0) is 15.4. The van der Waals surface area contributed by atoms with Gasteiger partial charge in [-0.2, -0.15) is 0 Å². The van der Waals surface area contributed by atoms with Crippen molar-refractivity contribution < 1.29 is 9.47 Å². The fourth-order valence-corrected chi connectivity index (χ4v) is 3.05. The van der Waals surface area contributed by atoms with Crippen LogP contribution in [0, 0.1) is 0 Å². The Hall–Kier alpha value is -1.90. The summed E-state index contributed by atoms with van der Waals surface area (Å²) in [5.74, 6) is 0. The maximum atomic E-state index is 5.32. The molecule has 0 heterocycles. The molecule has 22 heavy (non-hydrogen) atoms. The van der Waals surface area contributed by atoms with Crippen molar-refractivity contribution >= 4 is 21.5 Å². The summed E-state index contributed by atoms with van der Waals surface area (Å²) in [6, 6.07) is 17.6. The minimum absolute atomic E-state index is 0.741. The van der Waals surface area contributed by atoms with Crippen molar-refractivity contribution in [2.24, 2.45) is 0 Å². The smallest absolute Gasteiger partial charge is 0.0503 e. The lowest BCUT2D eigenvalue weighted by Gasteiger charge is -2.13. The van der Waals surface area contributed by atoms with Gasteiger partial charge in [-0.05, 0) is 51.6 Å². The minimum Gasteiger partial charge on any atom is -0.384 e. The molecule has 0 saturated carbocycles. The Morgan fingerprint density at radius 3 is 2.27 bits per heavy atom. The number of fused-ring (bicyclic) bond motifs is 2. The Balaban J connectivity index is 2.18. The molecule has 0 N–H and O–H groups in total. The second-order valence-electron chi connectivity index (χ2n) is 5.62. The highest BCUT2D eigenvalue weighted by molar-refractivity contribution is 6.02. The van der Waals surface area contributed by atoms with Gasteiger partial charge in [0, 0.05) is 14.2 Å². The third-order valence-electron chi connectivity index (χ3n) is 4.19. The highest BCUT2D eigenvalue weighted by Gasteiger charge is 2.08. The summed E-state index contributed by atoms with van der Waals surface area (Å²) in [7, 11) is 3.51. The number of benzene rings is 3. The van der Waals surface area contributed by atoms with Crippen LogP contribution in [0.4, 0.5) is 0 Å². The van der Waals surface area contributed by atoms with Crippen LogP contribution in [0.1, 0.15) is 11.1 Å². The van der Waals surface area contributed by atoms with Gasteiger partial charge in [0.1, 0.15) is 0 Å². The van der Waals surface area contributed by atoms with Crippen molar-refractivity contribution in [1.82, 2.24) is 0 Å². The topological polar surface area (TPSA) is 18.5 Å². The van der Waals surface area contributed by atoms with Gasteiger partial charge < -0.3 is 9.47 Å². The molecule has 3 aromatic rings. The second-order valence-corrected chi connectivity index (χ2v) is 5.62. The molecular formula is C20H22O2. The van der Waals surface area contributed by atoms with Crippen LogP contribution in [-0.2, 0) is 22.3 Å². The first-order valence-electron chi connectivity index (χ1n) is 7.74. The maximum Gasteiger partial charge on any atom is 0.0503 e. The van der Waals surface area contributed by atoms with E-state index >= 15 is 0 Å². The van der Waals surface area contributed by atoms with Crippen LogP contribution in [0.3, 0.4) is 0 Å². The molecular weight excluding hydrogens is 272 g/mol. The number of ether oxygens (including phenoxy) is 2. The van der Waals surface area contributed by atoms with E-state index in [9.17, 15) is 0 Å². The van der Waals surface area contributed by atoms with Gasteiger partial charge in [-0.15, -0.1) is 0 Å². The van der Waals surface area contributed by atoms with Gasteiger partial charge in [0.15, 0.2) is 0 Å². The third kappa shape index (κ3) is 2.99. The van der Waals surface area contributed by atoms with Crippen LogP contribution in [0.5, 0.6) is 0 Å². The first-order chi connectivity index (χ1) is 10.8. The van der Waals surface area contributed by atoms with Crippen LogP contribution in [0.2, 0.25) is 0 Å². The van der Waals surface area contributed by atoms with Gasteiger partial charge in [0.25, 0.3) is 0 Å². The van der Waals surface area contributed by atoms with Crippen LogP contribution < -0.4 is 0 Å². The van der Waals surface area contributed by atoms with E-state index in [0.29, 0.717) is 0 Å². The zero-order valence-electron chi connectivity index (χ0n) is 13.3. The first kappa shape index (κ1) is 15.0. The van der Waals surface area contributed by atoms with Crippen molar-refractivity contribution in [2.75, 3.05) is 27.4 Å². The summed E-state index contributed by atoms with van der Waals surface area (Å²) in [6.07, 6.45) is 1.88. The molecule has 0 saturated heterocycles. The summed E-state index contributed by atoms with van der Waals surface area (Å²) in [4.78, 5) is 0. The van der Waals surface area contributed by atoms with Crippen LogP contribution in [0.15, 0.2) is 48.5 Å². The molecule has 0 radical (unpaired) electrons. The van der Waals surface area contributed by atoms with E-state index in [0.717, 1.165) is 26.1 Å². The molecule has 0 aliphatic rings. The summed E-state index contributed by atoms with van der Waals surface area (Å²) in [5.41, 5.74) is 2.71. The lowest BCUT2D eigenvalue weighted by molar-refractivity contribution is 0.202. The molecule has 0 unspecified atom stereocenters. The van der Waals surface area contributed by atoms with Crippen molar-refractivity contribution in [3.8, 4) is 0 Å². The van der Waals surface area contributed by atoms with Gasteiger partial charge in [-0.25, -0.2) is 0 Å². The Bertz CT molecular complexity index is 777.